The first-order valence-electron chi connectivity index (χ1n) is 5.91. The average molecular weight is 229 g/mol. The van der Waals surface area contributed by atoms with Crippen LogP contribution >= 0.6 is 0 Å². The molecule has 3 heteroatoms. The predicted molar refractivity (Wildman–Crippen MR) is 73.5 cm³/mol. The van der Waals surface area contributed by atoms with Gasteiger partial charge in [-0.3, -0.25) is 0 Å². The van der Waals surface area contributed by atoms with Gasteiger partial charge >= 0.3 is 0 Å². The molecule has 2 rings (SSSR count). The lowest BCUT2D eigenvalue weighted by Gasteiger charge is -2.12. The Hall–Kier alpha value is -1.61. The van der Waals surface area contributed by atoms with Gasteiger partial charge in [-0.25, -0.2) is 4.98 Å². The van der Waals surface area contributed by atoms with Gasteiger partial charge in [0.15, 0.2) is 0 Å². The number of nitrogens with zero attached hydrogens (tertiary/aromatic N) is 2. The Labute approximate surface area is 102 Å². The number of nitrogens with one attached hydrogen (secondary N) is 1. The average Bonchev–Trinajstić information content (AvgIpc) is 2.30. The number of likely N-dealkylation sites (N-methyl/N-ethyl adjacent to an activating group) is 1. The van der Waals surface area contributed by atoms with Gasteiger partial charge in [-0.05, 0) is 38.0 Å². The Kier molecular flexibility index (Phi) is 3.59. The summed E-state index contributed by atoms with van der Waals surface area (Å²) in [5.74, 6) is 0.980. The van der Waals surface area contributed by atoms with Gasteiger partial charge in [0.1, 0.15) is 5.82 Å². The molecule has 2 aromatic rings. The quantitative estimate of drug-likeness (QED) is 0.873. The normalized spacial score (nSPS) is 11.1. The number of aromatic nitrogens is 1. The number of aryl methyl sites for hydroxylation is 1. The second kappa shape index (κ2) is 5.15. The first-order valence-corrected chi connectivity index (χ1v) is 5.91. The maximum absolute atomic E-state index is 4.42. The van der Waals surface area contributed by atoms with Gasteiger partial charge < -0.3 is 10.2 Å². The number of hydrogen-bond donors (Lipinski definition) is 1. The summed E-state index contributed by atoms with van der Waals surface area (Å²) in [6.45, 7) is 4.04. The SMILES string of the molecule is Cc1cccc2c(NCCN(C)C)nccc12. The Morgan fingerprint density at radius 2 is 2.00 bits per heavy atom. The van der Waals surface area contributed by atoms with Crippen molar-refractivity contribution in [2.24, 2.45) is 0 Å². The Bertz CT molecular complexity index is 506. The van der Waals surface area contributed by atoms with E-state index in [1.807, 2.05) is 6.20 Å². The van der Waals surface area contributed by atoms with E-state index < -0.39 is 0 Å². The molecule has 0 aliphatic rings. The molecule has 3 nitrogen and oxygen atoms in total. The third-order valence-electron chi connectivity index (χ3n) is 2.88. The van der Waals surface area contributed by atoms with E-state index in [0.29, 0.717) is 0 Å². The van der Waals surface area contributed by atoms with Crippen molar-refractivity contribution >= 4 is 16.6 Å². The second-order valence-corrected chi connectivity index (χ2v) is 4.56. The van der Waals surface area contributed by atoms with Gasteiger partial charge in [0.2, 0.25) is 0 Å². The van der Waals surface area contributed by atoms with E-state index in [2.05, 4.69) is 60.5 Å². The summed E-state index contributed by atoms with van der Waals surface area (Å²) in [6, 6.07) is 8.40. The summed E-state index contributed by atoms with van der Waals surface area (Å²) < 4.78 is 0. The fourth-order valence-corrected chi connectivity index (χ4v) is 1.90. The van der Waals surface area contributed by atoms with Gasteiger partial charge in [0, 0.05) is 24.7 Å². The molecule has 0 atom stereocenters. The van der Waals surface area contributed by atoms with Crippen molar-refractivity contribution in [1.82, 2.24) is 9.88 Å². The zero-order chi connectivity index (χ0) is 12.3. The van der Waals surface area contributed by atoms with Crippen LogP contribution in [0.25, 0.3) is 10.8 Å². The predicted octanol–water partition coefficient (Wildman–Crippen LogP) is 2.52. The molecule has 0 saturated carbocycles. The van der Waals surface area contributed by atoms with Crippen LogP contribution < -0.4 is 5.32 Å². The summed E-state index contributed by atoms with van der Waals surface area (Å²) >= 11 is 0. The van der Waals surface area contributed by atoms with E-state index in [1.165, 1.54) is 16.3 Å². The lowest BCUT2D eigenvalue weighted by Crippen LogP contribution is -2.21. The van der Waals surface area contributed by atoms with Crippen molar-refractivity contribution in [3.05, 3.63) is 36.0 Å². The monoisotopic (exact) mass is 229 g/mol. The Balaban J connectivity index is 2.25. The topological polar surface area (TPSA) is 28.2 Å². The van der Waals surface area contributed by atoms with Crippen LogP contribution in [0, 0.1) is 6.92 Å². The summed E-state index contributed by atoms with van der Waals surface area (Å²) in [5.41, 5.74) is 1.29. The summed E-state index contributed by atoms with van der Waals surface area (Å²) in [6.07, 6.45) is 1.87. The molecule has 17 heavy (non-hydrogen) atoms. The minimum absolute atomic E-state index is 0.910. The largest absolute Gasteiger partial charge is 0.368 e. The van der Waals surface area contributed by atoms with Crippen LogP contribution in [0.1, 0.15) is 5.56 Å². The van der Waals surface area contributed by atoms with Gasteiger partial charge in [-0.1, -0.05) is 18.2 Å². The summed E-state index contributed by atoms with van der Waals surface area (Å²) in [4.78, 5) is 6.57. The van der Waals surface area contributed by atoms with E-state index in [9.17, 15) is 0 Å². The molecule has 0 aliphatic heterocycles. The highest BCUT2D eigenvalue weighted by molar-refractivity contribution is 5.93. The molecule has 0 fully saturated rings. The first kappa shape index (κ1) is 11.9. The maximum Gasteiger partial charge on any atom is 0.133 e. The fourth-order valence-electron chi connectivity index (χ4n) is 1.90. The van der Waals surface area contributed by atoms with Crippen molar-refractivity contribution in [3.63, 3.8) is 0 Å². The molecule has 0 aliphatic carbocycles. The van der Waals surface area contributed by atoms with E-state index in [-0.39, 0.29) is 0 Å². The van der Waals surface area contributed by atoms with Gasteiger partial charge in [0.25, 0.3) is 0 Å². The number of rotatable bonds is 4. The van der Waals surface area contributed by atoms with E-state index in [4.69, 9.17) is 0 Å². The molecule has 1 aromatic heterocycles. The van der Waals surface area contributed by atoms with Crippen molar-refractivity contribution in [2.45, 2.75) is 6.92 Å². The fraction of sp³-hybridized carbons (Fsp3) is 0.357. The van der Waals surface area contributed by atoms with Crippen LogP contribution in [0.4, 0.5) is 5.82 Å². The standard InChI is InChI=1S/C14H19N3/c1-11-5-4-6-13-12(11)7-8-15-14(13)16-9-10-17(2)3/h4-8H,9-10H2,1-3H3,(H,15,16). The summed E-state index contributed by atoms with van der Waals surface area (Å²) in [5, 5.41) is 5.87. The minimum atomic E-state index is 0.910. The highest BCUT2D eigenvalue weighted by Gasteiger charge is 2.03. The zero-order valence-electron chi connectivity index (χ0n) is 10.7. The van der Waals surface area contributed by atoms with Crippen LogP contribution in [-0.2, 0) is 0 Å². The van der Waals surface area contributed by atoms with Crippen molar-refractivity contribution < 1.29 is 0 Å². The molecule has 0 saturated heterocycles. The molecule has 0 bridgehead atoms. The van der Waals surface area contributed by atoms with Crippen LogP contribution in [0.2, 0.25) is 0 Å². The molecule has 0 spiro atoms. The van der Waals surface area contributed by atoms with Crippen molar-refractivity contribution in [2.75, 3.05) is 32.5 Å². The van der Waals surface area contributed by atoms with Gasteiger partial charge in [0.05, 0.1) is 0 Å². The Morgan fingerprint density at radius 3 is 2.76 bits per heavy atom. The number of hydrogen-bond acceptors (Lipinski definition) is 3. The maximum atomic E-state index is 4.42. The lowest BCUT2D eigenvalue weighted by molar-refractivity contribution is 0.425. The van der Waals surface area contributed by atoms with Crippen LogP contribution in [0.15, 0.2) is 30.5 Å². The summed E-state index contributed by atoms with van der Waals surface area (Å²) in [7, 11) is 4.14. The van der Waals surface area contributed by atoms with Gasteiger partial charge in [-0.2, -0.15) is 0 Å². The van der Waals surface area contributed by atoms with Crippen molar-refractivity contribution in [3.8, 4) is 0 Å². The van der Waals surface area contributed by atoms with Gasteiger partial charge in [-0.15, -0.1) is 0 Å². The third kappa shape index (κ3) is 2.74. The number of anilines is 1. The molecular formula is C14H19N3. The molecule has 0 unspecified atom stereocenters. The first-order chi connectivity index (χ1) is 8.18. The van der Waals surface area contributed by atoms with Crippen LogP contribution in [-0.4, -0.2) is 37.1 Å². The molecule has 90 valence electrons. The lowest BCUT2D eigenvalue weighted by atomic mass is 10.1. The third-order valence-corrected chi connectivity index (χ3v) is 2.88. The second-order valence-electron chi connectivity index (χ2n) is 4.56. The molecule has 0 radical (unpaired) electrons. The van der Waals surface area contributed by atoms with Crippen LogP contribution in [0.3, 0.4) is 0 Å². The van der Waals surface area contributed by atoms with E-state index in [0.717, 1.165) is 18.9 Å². The smallest absolute Gasteiger partial charge is 0.133 e. The molecular weight excluding hydrogens is 210 g/mol. The molecule has 1 heterocycles. The Morgan fingerprint density at radius 1 is 1.18 bits per heavy atom. The molecule has 0 amide bonds. The van der Waals surface area contributed by atoms with E-state index >= 15 is 0 Å². The van der Waals surface area contributed by atoms with Crippen LogP contribution in [0.5, 0.6) is 0 Å². The van der Waals surface area contributed by atoms with E-state index in [1.54, 1.807) is 0 Å². The highest BCUT2D eigenvalue weighted by Crippen LogP contribution is 2.23. The van der Waals surface area contributed by atoms with Crippen molar-refractivity contribution in [1.29, 1.82) is 0 Å². The molecule has 1 aromatic carbocycles. The molecule has 1 N–H and O–H groups in total. The number of fused-ring (bicyclic) bond motifs is 1. The number of pyridine rings is 1. The minimum Gasteiger partial charge on any atom is -0.368 e. The zero-order valence-corrected chi connectivity index (χ0v) is 10.7. The number of benzene rings is 1. The highest BCUT2D eigenvalue weighted by atomic mass is 15.1.